The maximum atomic E-state index is 12.2. The fourth-order valence-electron chi connectivity index (χ4n) is 3.87. The van der Waals surface area contributed by atoms with Gasteiger partial charge in [-0.1, -0.05) is 48.5 Å². The first kappa shape index (κ1) is 16.1. The van der Waals surface area contributed by atoms with Gasteiger partial charge in [-0.05, 0) is 28.7 Å². The predicted molar refractivity (Wildman–Crippen MR) is 95.5 cm³/mol. The lowest BCUT2D eigenvalue weighted by Gasteiger charge is -2.16. The first-order valence-electron chi connectivity index (χ1n) is 8.72. The van der Waals surface area contributed by atoms with Gasteiger partial charge in [0.05, 0.1) is 6.61 Å². The van der Waals surface area contributed by atoms with Crippen LogP contribution in [0.3, 0.4) is 0 Å². The molecule has 1 aliphatic carbocycles. The number of hydrogen-bond donors (Lipinski definition) is 3. The number of aliphatic hydroxyl groups excluding tert-OH is 1. The highest BCUT2D eigenvalue weighted by Crippen LogP contribution is 2.44. The Hall–Kier alpha value is -2.37. The van der Waals surface area contributed by atoms with Crippen LogP contribution >= 0.6 is 0 Å². The normalized spacial score (nSPS) is 21.6. The molecule has 5 heteroatoms. The number of fused-ring (bicyclic) bond motifs is 3. The number of rotatable bonds is 4. The van der Waals surface area contributed by atoms with Crippen molar-refractivity contribution < 1.29 is 14.6 Å². The summed E-state index contributed by atoms with van der Waals surface area (Å²) in [6.45, 7) is 1.07. The van der Waals surface area contributed by atoms with E-state index >= 15 is 0 Å². The smallest absolute Gasteiger partial charge is 0.407 e. The SMILES string of the molecule is O=C(NC1CNC(CO)C1)OCC1c2ccccc2-c2ccccc21. The molecule has 1 aliphatic heterocycles. The van der Waals surface area contributed by atoms with Gasteiger partial charge in [-0.25, -0.2) is 4.79 Å². The minimum Gasteiger partial charge on any atom is -0.449 e. The number of ether oxygens (including phenoxy) is 1. The Morgan fingerprint density at radius 2 is 1.76 bits per heavy atom. The molecule has 1 fully saturated rings. The molecule has 0 bridgehead atoms. The number of aliphatic hydroxyl groups is 1. The molecule has 2 aliphatic rings. The van der Waals surface area contributed by atoms with E-state index in [4.69, 9.17) is 9.84 Å². The van der Waals surface area contributed by atoms with Crippen molar-refractivity contribution in [3.63, 3.8) is 0 Å². The van der Waals surface area contributed by atoms with Crippen LogP contribution < -0.4 is 10.6 Å². The van der Waals surface area contributed by atoms with Crippen molar-refractivity contribution in [2.24, 2.45) is 0 Å². The van der Waals surface area contributed by atoms with Gasteiger partial charge >= 0.3 is 6.09 Å². The van der Waals surface area contributed by atoms with Crippen LogP contribution in [0.25, 0.3) is 11.1 Å². The lowest BCUT2D eigenvalue weighted by molar-refractivity contribution is 0.139. The average molecular weight is 338 g/mol. The lowest BCUT2D eigenvalue weighted by Crippen LogP contribution is -2.37. The number of hydrogen-bond acceptors (Lipinski definition) is 4. The van der Waals surface area contributed by atoms with Gasteiger partial charge in [0.25, 0.3) is 0 Å². The Morgan fingerprint density at radius 1 is 1.12 bits per heavy atom. The molecule has 2 unspecified atom stereocenters. The van der Waals surface area contributed by atoms with E-state index in [1.165, 1.54) is 22.3 Å². The standard InChI is InChI=1S/C20H22N2O3/c23-11-14-9-13(10-21-14)22-20(24)25-12-19-17-7-3-1-5-15(17)16-6-2-4-8-18(16)19/h1-8,13-14,19,21,23H,9-12H2,(H,22,24). The summed E-state index contributed by atoms with van der Waals surface area (Å²) in [6.07, 6.45) is 0.327. The van der Waals surface area contributed by atoms with Crippen LogP contribution in [0.2, 0.25) is 0 Å². The van der Waals surface area contributed by atoms with Crippen molar-refractivity contribution in [2.45, 2.75) is 24.4 Å². The molecule has 1 heterocycles. The van der Waals surface area contributed by atoms with Crippen LogP contribution in [0.15, 0.2) is 48.5 Å². The number of benzene rings is 2. The molecule has 1 saturated heterocycles. The van der Waals surface area contributed by atoms with Crippen molar-refractivity contribution in [2.75, 3.05) is 19.8 Å². The molecule has 2 atom stereocenters. The van der Waals surface area contributed by atoms with E-state index < -0.39 is 6.09 Å². The average Bonchev–Trinajstić information content (AvgIpc) is 3.22. The number of carbonyl (C=O) groups is 1. The van der Waals surface area contributed by atoms with Crippen molar-refractivity contribution in [1.82, 2.24) is 10.6 Å². The molecule has 25 heavy (non-hydrogen) atoms. The van der Waals surface area contributed by atoms with Crippen molar-refractivity contribution in [3.8, 4) is 11.1 Å². The number of alkyl carbamates (subject to hydrolysis) is 1. The van der Waals surface area contributed by atoms with E-state index in [0.29, 0.717) is 13.2 Å². The molecular formula is C20H22N2O3. The summed E-state index contributed by atoms with van der Waals surface area (Å²) in [5, 5.41) is 15.2. The monoisotopic (exact) mass is 338 g/mol. The molecule has 4 rings (SSSR count). The van der Waals surface area contributed by atoms with Crippen LogP contribution in [0.1, 0.15) is 23.5 Å². The molecule has 0 saturated carbocycles. The Morgan fingerprint density at radius 3 is 2.36 bits per heavy atom. The van der Waals surface area contributed by atoms with E-state index in [1.807, 2.05) is 24.3 Å². The second-order valence-corrected chi connectivity index (χ2v) is 6.69. The zero-order chi connectivity index (χ0) is 17.2. The summed E-state index contributed by atoms with van der Waals surface area (Å²) < 4.78 is 5.53. The second-order valence-electron chi connectivity index (χ2n) is 6.69. The zero-order valence-electron chi connectivity index (χ0n) is 13.9. The Balaban J connectivity index is 1.42. The van der Waals surface area contributed by atoms with E-state index in [2.05, 4.69) is 34.9 Å². The highest BCUT2D eigenvalue weighted by molar-refractivity contribution is 5.79. The van der Waals surface area contributed by atoms with Gasteiger partial charge in [0.15, 0.2) is 0 Å². The van der Waals surface area contributed by atoms with E-state index in [0.717, 1.165) is 6.42 Å². The Bertz CT molecular complexity index is 732. The highest BCUT2D eigenvalue weighted by Gasteiger charge is 2.30. The zero-order valence-corrected chi connectivity index (χ0v) is 13.9. The summed E-state index contributed by atoms with van der Waals surface area (Å²) in [5.74, 6) is 0.0741. The fourth-order valence-corrected chi connectivity index (χ4v) is 3.87. The molecule has 1 amide bonds. The topological polar surface area (TPSA) is 70.6 Å². The van der Waals surface area contributed by atoms with Gasteiger partial charge in [-0.2, -0.15) is 0 Å². The van der Waals surface area contributed by atoms with Crippen LogP contribution in [-0.2, 0) is 4.74 Å². The van der Waals surface area contributed by atoms with E-state index in [-0.39, 0.29) is 24.6 Å². The second kappa shape index (κ2) is 6.86. The quantitative estimate of drug-likeness (QED) is 0.800. The molecule has 2 aromatic rings. The van der Waals surface area contributed by atoms with Gasteiger partial charge < -0.3 is 20.5 Å². The number of nitrogens with one attached hydrogen (secondary N) is 2. The summed E-state index contributed by atoms with van der Waals surface area (Å²) >= 11 is 0. The molecular weight excluding hydrogens is 316 g/mol. The molecule has 0 aromatic heterocycles. The lowest BCUT2D eigenvalue weighted by atomic mass is 9.98. The molecule has 2 aromatic carbocycles. The van der Waals surface area contributed by atoms with Gasteiger partial charge in [-0.3, -0.25) is 0 Å². The molecule has 0 radical (unpaired) electrons. The van der Waals surface area contributed by atoms with Crippen molar-refractivity contribution >= 4 is 6.09 Å². The maximum Gasteiger partial charge on any atom is 0.407 e. The first-order valence-corrected chi connectivity index (χ1v) is 8.72. The molecule has 3 N–H and O–H groups in total. The molecule has 5 nitrogen and oxygen atoms in total. The van der Waals surface area contributed by atoms with Gasteiger partial charge in [0.2, 0.25) is 0 Å². The summed E-state index contributed by atoms with van der Waals surface area (Å²) in [4.78, 5) is 12.2. The van der Waals surface area contributed by atoms with Crippen LogP contribution in [0.4, 0.5) is 4.79 Å². The maximum absolute atomic E-state index is 12.2. The Kier molecular flexibility index (Phi) is 4.42. The first-order chi connectivity index (χ1) is 12.3. The fraction of sp³-hybridized carbons (Fsp3) is 0.350. The number of carbonyl (C=O) groups excluding carboxylic acids is 1. The molecule has 130 valence electrons. The van der Waals surface area contributed by atoms with Gasteiger partial charge in [0, 0.05) is 24.5 Å². The third-order valence-corrected chi connectivity index (χ3v) is 5.11. The van der Waals surface area contributed by atoms with Gasteiger partial charge in [0.1, 0.15) is 6.61 Å². The minimum absolute atomic E-state index is 0.00722. The van der Waals surface area contributed by atoms with Crippen LogP contribution in [0, 0.1) is 0 Å². The summed E-state index contributed by atoms with van der Waals surface area (Å²) in [7, 11) is 0. The number of amides is 1. The minimum atomic E-state index is -0.396. The van der Waals surface area contributed by atoms with Crippen LogP contribution in [0.5, 0.6) is 0 Å². The van der Waals surface area contributed by atoms with E-state index in [9.17, 15) is 4.79 Å². The molecule has 0 spiro atoms. The Labute approximate surface area is 147 Å². The van der Waals surface area contributed by atoms with Crippen molar-refractivity contribution in [3.05, 3.63) is 59.7 Å². The highest BCUT2D eigenvalue weighted by atomic mass is 16.5. The summed E-state index contributed by atoms with van der Waals surface area (Å²) in [6, 6.07) is 16.6. The largest absolute Gasteiger partial charge is 0.449 e. The third-order valence-electron chi connectivity index (χ3n) is 5.11. The summed E-state index contributed by atoms with van der Waals surface area (Å²) in [5.41, 5.74) is 4.86. The van der Waals surface area contributed by atoms with Crippen molar-refractivity contribution in [1.29, 1.82) is 0 Å². The predicted octanol–water partition coefficient (Wildman–Crippen LogP) is 2.25. The van der Waals surface area contributed by atoms with Crippen LogP contribution in [-0.4, -0.2) is 43.0 Å². The van der Waals surface area contributed by atoms with Gasteiger partial charge in [-0.15, -0.1) is 0 Å². The third kappa shape index (κ3) is 3.13. The van der Waals surface area contributed by atoms with E-state index in [1.54, 1.807) is 0 Å².